The zero-order chi connectivity index (χ0) is 45.4. The highest BCUT2D eigenvalue weighted by atomic mass is 15.2. The van der Waals surface area contributed by atoms with Crippen LogP contribution < -0.4 is 0 Å². The average Bonchev–Trinajstić information content (AvgIpc) is 4.07. The molecule has 10 aromatic carbocycles. The van der Waals surface area contributed by atoms with Crippen molar-refractivity contribution in [2.45, 2.75) is 0 Å². The van der Waals surface area contributed by atoms with Gasteiger partial charge in [0.15, 0.2) is 11.6 Å². The Morgan fingerprint density at radius 2 is 0.710 bits per heavy atom. The van der Waals surface area contributed by atoms with Gasteiger partial charge in [0, 0.05) is 54.7 Å². The molecule has 6 nitrogen and oxygen atoms in total. The highest BCUT2D eigenvalue weighted by molar-refractivity contribution is 6.24. The van der Waals surface area contributed by atoms with E-state index in [0.717, 1.165) is 105 Å². The normalized spacial score (nSPS) is 11.8. The predicted octanol–water partition coefficient (Wildman–Crippen LogP) is 15.8. The molecule has 0 atom stereocenters. The first-order valence-corrected chi connectivity index (χ1v) is 23.4. The average molecular weight is 881 g/mol. The first-order valence-electron chi connectivity index (χ1n) is 23.4. The maximum Gasteiger partial charge on any atom is 0.238 e. The first-order chi connectivity index (χ1) is 34.3. The summed E-state index contributed by atoms with van der Waals surface area (Å²) in [6.45, 7) is 0. The first kappa shape index (κ1) is 38.8. The van der Waals surface area contributed by atoms with Crippen molar-refractivity contribution >= 4 is 65.4 Å². The van der Waals surface area contributed by atoms with Crippen LogP contribution in [0, 0.1) is 0 Å². The molecule has 0 unspecified atom stereocenters. The second-order valence-corrected chi connectivity index (χ2v) is 17.5. The van der Waals surface area contributed by atoms with Crippen LogP contribution in [-0.4, -0.2) is 28.7 Å². The van der Waals surface area contributed by atoms with E-state index >= 15 is 0 Å². The van der Waals surface area contributed by atoms with Crippen molar-refractivity contribution in [1.82, 2.24) is 28.7 Å². The minimum Gasteiger partial charge on any atom is -0.309 e. The fourth-order valence-corrected chi connectivity index (χ4v) is 10.8. The van der Waals surface area contributed by atoms with Crippen molar-refractivity contribution in [1.29, 1.82) is 0 Å². The van der Waals surface area contributed by atoms with Gasteiger partial charge in [0.1, 0.15) is 0 Å². The summed E-state index contributed by atoms with van der Waals surface area (Å²) < 4.78 is 7.12. The largest absolute Gasteiger partial charge is 0.309 e. The lowest BCUT2D eigenvalue weighted by Gasteiger charge is -2.19. The van der Waals surface area contributed by atoms with Gasteiger partial charge in [-0.05, 0) is 59.2 Å². The molecule has 0 saturated heterocycles. The van der Waals surface area contributed by atoms with Crippen LogP contribution in [0.4, 0.5) is 0 Å². The molecule has 0 N–H and O–H groups in total. The lowest BCUT2D eigenvalue weighted by molar-refractivity contribution is 0.953. The molecule has 0 bridgehead atoms. The summed E-state index contributed by atoms with van der Waals surface area (Å²) in [6, 6.07) is 86.2. The lowest BCUT2D eigenvalue weighted by atomic mass is 9.93. The van der Waals surface area contributed by atoms with E-state index in [4.69, 9.17) is 15.0 Å². The summed E-state index contributed by atoms with van der Waals surface area (Å²) in [5, 5.41) is 6.82. The molecular formula is C63H40N6. The van der Waals surface area contributed by atoms with Gasteiger partial charge < -0.3 is 9.13 Å². The van der Waals surface area contributed by atoms with E-state index in [1.165, 1.54) is 5.39 Å². The van der Waals surface area contributed by atoms with Gasteiger partial charge >= 0.3 is 0 Å². The van der Waals surface area contributed by atoms with Crippen molar-refractivity contribution in [2.24, 2.45) is 0 Å². The summed E-state index contributed by atoms with van der Waals surface area (Å²) in [5.74, 6) is 1.72. The molecule has 0 saturated carbocycles. The molecule has 4 aromatic heterocycles. The van der Waals surface area contributed by atoms with Crippen LogP contribution in [0.2, 0.25) is 0 Å². The molecule has 0 aliphatic rings. The topological polar surface area (TPSA) is 53.5 Å². The Kier molecular flexibility index (Phi) is 8.79. The van der Waals surface area contributed by atoms with Crippen LogP contribution in [0.25, 0.3) is 128 Å². The van der Waals surface area contributed by atoms with Gasteiger partial charge in [-0.25, -0.2) is 4.98 Å². The highest BCUT2D eigenvalue weighted by Crippen LogP contribution is 2.45. The van der Waals surface area contributed by atoms with E-state index < -0.39 is 0 Å². The fourth-order valence-electron chi connectivity index (χ4n) is 10.8. The molecule has 14 rings (SSSR count). The standard InChI is InChI=1S/C63H40N6/c1-5-21-41(22-6-1)45-32-20-38-56(57(45)42-23-7-2-8-24-42)68-54-36-17-14-30-47(54)50-39-40-51-48-31-15-18-37-55(48)69(60(51)59(50)68)63-65-61(43-25-9-3-10-26-43)64-62(66-63)52-34-19-33-49-46-29-13-16-35-53(46)67(58(49)52)44-27-11-4-12-28-44/h1-40H. The Balaban J connectivity index is 1.13. The van der Waals surface area contributed by atoms with Crippen LogP contribution in [0.5, 0.6) is 0 Å². The third-order valence-electron chi connectivity index (χ3n) is 13.7. The highest BCUT2D eigenvalue weighted by Gasteiger charge is 2.26. The maximum atomic E-state index is 5.63. The quantitative estimate of drug-likeness (QED) is 0.160. The van der Waals surface area contributed by atoms with Crippen LogP contribution in [0.1, 0.15) is 0 Å². The number of nitrogens with zero attached hydrogens (tertiary/aromatic N) is 6. The van der Waals surface area contributed by atoms with Crippen LogP contribution >= 0.6 is 0 Å². The van der Waals surface area contributed by atoms with Gasteiger partial charge in [-0.1, -0.05) is 200 Å². The molecule has 4 heterocycles. The number of rotatable bonds is 7. The molecule has 6 heteroatoms. The van der Waals surface area contributed by atoms with Crippen LogP contribution in [-0.2, 0) is 0 Å². The van der Waals surface area contributed by atoms with E-state index in [-0.39, 0.29) is 0 Å². The molecule has 0 aliphatic heterocycles. The third kappa shape index (κ3) is 6.02. The zero-order valence-electron chi connectivity index (χ0n) is 37.3. The summed E-state index contributed by atoms with van der Waals surface area (Å²) in [5.41, 5.74) is 14.9. The minimum atomic E-state index is 0.537. The van der Waals surface area contributed by atoms with Gasteiger partial charge in [-0.15, -0.1) is 0 Å². The summed E-state index contributed by atoms with van der Waals surface area (Å²) in [4.78, 5) is 16.5. The van der Waals surface area contributed by atoms with E-state index in [9.17, 15) is 0 Å². The molecule has 0 fully saturated rings. The van der Waals surface area contributed by atoms with Gasteiger partial charge in [0.25, 0.3) is 0 Å². The maximum absolute atomic E-state index is 5.63. The van der Waals surface area contributed by atoms with Gasteiger partial charge in [-0.2, -0.15) is 9.97 Å². The van der Waals surface area contributed by atoms with Crippen molar-refractivity contribution in [3.8, 4) is 62.4 Å². The summed E-state index contributed by atoms with van der Waals surface area (Å²) >= 11 is 0. The molecule has 69 heavy (non-hydrogen) atoms. The molecule has 0 spiro atoms. The lowest BCUT2D eigenvalue weighted by Crippen LogP contribution is -2.08. The number of hydrogen-bond acceptors (Lipinski definition) is 3. The Morgan fingerprint density at radius 3 is 1.35 bits per heavy atom. The molecule has 0 aliphatic carbocycles. The Labute approximate surface area is 397 Å². The van der Waals surface area contributed by atoms with E-state index in [2.05, 4.69) is 238 Å². The number of aromatic nitrogens is 6. The van der Waals surface area contributed by atoms with Crippen molar-refractivity contribution in [3.63, 3.8) is 0 Å². The summed E-state index contributed by atoms with van der Waals surface area (Å²) in [6.07, 6.45) is 0. The van der Waals surface area contributed by atoms with Gasteiger partial charge in [-0.3, -0.25) is 4.57 Å². The molecule has 0 amide bonds. The van der Waals surface area contributed by atoms with Crippen molar-refractivity contribution < 1.29 is 0 Å². The predicted molar refractivity (Wildman–Crippen MR) is 285 cm³/mol. The van der Waals surface area contributed by atoms with Crippen LogP contribution in [0.3, 0.4) is 0 Å². The fraction of sp³-hybridized carbons (Fsp3) is 0. The molecule has 0 radical (unpaired) electrons. The second kappa shape index (κ2) is 15.6. The number of para-hydroxylation sites is 5. The SMILES string of the molecule is c1ccc(-c2nc(-c3cccc4c5ccccc5n(-c5ccccc5)c34)nc(-n3c4ccccc4c4ccc5c6ccccc6n(-c6cccc(-c7ccccc7)c6-c6ccccc6)c5c43)n2)cc1. The van der Waals surface area contributed by atoms with E-state index in [0.29, 0.717) is 17.6 Å². The second-order valence-electron chi connectivity index (χ2n) is 17.5. The Bertz CT molecular complexity index is 4280. The molecular weight excluding hydrogens is 841 g/mol. The van der Waals surface area contributed by atoms with E-state index in [1.54, 1.807) is 0 Å². The Morgan fingerprint density at radius 1 is 0.261 bits per heavy atom. The third-order valence-corrected chi connectivity index (χ3v) is 13.7. The van der Waals surface area contributed by atoms with Crippen molar-refractivity contribution in [3.05, 3.63) is 243 Å². The number of hydrogen-bond donors (Lipinski definition) is 0. The zero-order valence-corrected chi connectivity index (χ0v) is 37.3. The van der Waals surface area contributed by atoms with Crippen molar-refractivity contribution in [2.75, 3.05) is 0 Å². The Hall–Kier alpha value is -9.39. The van der Waals surface area contributed by atoms with E-state index in [1.807, 2.05) is 18.2 Å². The number of fused-ring (bicyclic) bond motifs is 10. The molecule has 14 aromatic rings. The smallest absolute Gasteiger partial charge is 0.238 e. The van der Waals surface area contributed by atoms with Gasteiger partial charge in [0.2, 0.25) is 5.95 Å². The molecule has 322 valence electrons. The van der Waals surface area contributed by atoms with Crippen LogP contribution in [0.15, 0.2) is 243 Å². The number of benzene rings is 10. The summed E-state index contributed by atoms with van der Waals surface area (Å²) in [7, 11) is 0. The monoisotopic (exact) mass is 880 g/mol. The minimum absolute atomic E-state index is 0.537. The van der Waals surface area contributed by atoms with Gasteiger partial charge in [0.05, 0.1) is 38.8 Å².